The lowest BCUT2D eigenvalue weighted by Crippen LogP contribution is -2.28. The Morgan fingerprint density at radius 1 is 1.14 bits per heavy atom. The van der Waals surface area contributed by atoms with E-state index in [1.165, 1.54) is 19.3 Å². The topological polar surface area (TPSA) is 41.0 Å². The summed E-state index contributed by atoms with van der Waals surface area (Å²) in [7, 11) is 1.92. The first-order chi connectivity index (χ1) is 9.71. The molecule has 1 fully saturated rings. The molecule has 0 aromatic carbocycles. The van der Waals surface area contributed by atoms with Gasteiger partial charge in [0, 0.05) is 31.6 Å². The normalized spacial score (nSPS) is 19.2. The van der Waals surface area contributed by atoms with E-state index in [4.69, 9.17) is 4.98 Å². The summed E-state index contributed by atoms with van der Waals surface area (Å²) in [5.41, 5.74) is 0.410. The number of rotatable bonds is 2. The van der Waals surface area contributed by atoms with Gasteiger partial charge in [0.25, 0.3) is 0 Å². The third-order valence-electron chi connectivity index (χ3n) is 4.30. The van der Waals surface area contributed by atoms with E-state index in [0.29, 0.717) is 5.41 Å². The lowest BCUT2D eigenvalue weighted by atomic mass is 9.85. The van der Waals surface area contributed by atoms with E-state index < -0.39 is 0 Å². The molecular weight excluding hydrogens is 260 g/mol. The van der Waals surface area contributed by atoms with Crippen LogP contribution in [0.15, 0.2) is 6.07 Å². The third kappa shape index (κ3) is 4.08. The van der Waals surface area contributed by atoms with E-state index in [-0.39, 0.29) is 5.41 Å². The Hall–Kier alpha value is -1.32. The van der Waals surface area contributed by atoms with Gasteiger partial charge < -0.3 is 10.2 Å². The molecule has 0 unspecified atom stereocenters. The van der Waals surface area contributed by atoms with Crippen LogP contribution < -0.4 is 10.2 Å². The van der Waals surface area contributed by atoms with Gasteiger partial charge in [-0.3, -0.25) is 0 Å². The monoisotopic (exact) mass is 290 g/mol. The molecule has 0 atom stereocenters. The van der Waals surface area contributed by atoms with Crippen molar-refractivity contribution < 1.29 is 0 Å². The quantitative estimate of drug-likeness (QED) is 0.898. The lowest BCUT2D eigenvalue weighted by Gasteiger charge is -2.26. The molecule has 4 heteroatoms. The molecule has 0 aliphatic carbocycles. The van der Waals surface area contributed by atoms with Crippen LogP contribution in [-0.2, 0) is 5.41 Å². The highest BCUT2D eigenvalue weighted by Crippen LogP contribution is 2.32. The minimum Gasteiger partial charge on any atom is -0.373 e. The molecule has 1 aliphatic rings. The van der Waals surface area contributed by atoms with Gasteiger partial charge in [-0.1, -0.05) is 34.6 Å². The van der Waals surface area contributed by atoms with Gasteiger partial charge in [-0.25, -0.2) is 9.97 Å². The number of nitrogens with one attached hydrogen (secondary N) is 1. The first-order valence-corrected chi connectivity index (χ1v) is 8.03. The van der Waals surface area contributed by atoms with E-state index >= 15 is 0 Å². The van der Waals surface area contributed by atoms with Gasteiger partial charge >= 0.3 is 0 Å². The zero-order chi connectivity index (χ0) is 15.7. The minimum absolute atomic E-state index is 0.0350. The summed E-state index contributed by atoms with van der Waals surface area (Å²) < 4.78 is 0. The van der Waals surface area contributed by atoms with Crippen molar-refractivity contribution in [2.75, 3.05) is 30.4 Å². The Kier molecular flexibility index (Phi) is 4.45. The van der Waals surface area contributed by atoms with Crippen LogP contribution in [-0.4, -0.2) is 30.1 Å². The summed E-state index contributed by atoms with van der Waals surface area (Å²) in [4.78, 5) is 11.9. The summed E-state index contributed by atoms with van der Waals surface area (Å²) >= 11 is 0. The molecule has 1 aliphatic heterocycles. The van der Waals surface area contributed by atoms with Gasteiger partial charge in [0.05, 0.1) is 0 Å². The molecule has 0 bridgehead atoms. The Balaban J connectivity index is 2.30. The molecule has 1 aromatic heterocycles. The van der Waals surface area contributed by atoms with E-state index in [9.17, 15) is 0 Å². The van der Waals surface area contributed by atoms with Crippen LogP contribution in [0.5, 0.6) is 0 Å². The maximum absolute atomic E-state index is 4.84. The van der Waals surface area contributed by atoms with Gasteiger partial charge in [0.15, 0.2) is 0 Å². The predicted octanol–water partition coefficient (Wildman–Crippen LogP) is 3.83. The average Bonchev–Trinajstić information content (AvgIpc) is 2.58. The highest BCUT2D eigenvalue weighted by molar-refractivity contribution is 5.50. The Morgan fingerprint density at radius 2 is 1.86 bits per heavy atom. The molecule has 0 spiro atoms. The van der Waals surface area contributed by atoms with Crippen molar-refractivity contribution in [2.24, 2.45) is 5.41 Å². The number of anilines is 2. The van der Waals surface area contributed by atoms with Gasteiger partial charge in [0.2, 0.25) is 0 Å². The number of hydrogen-bond acceptors (Lipinski definition) is 4. The van der Waals surface area contributed by atoms with Crippen LogP contribution in [0.1, 0.15) is 59.7 Å². The smallest absolute Gasteiger partial charge is 0.138 e. The van der Waals surface area contributed by atoms with Gasteiger partial charge in [-0.2, -0.15) is 0 Å². The fourth-order valence-corrected chi connectivity index (χ4v) is 2.71. The van der Waals surface area contributed by atoms with Crippen molar-refractivity contribution in [3.63, 3.8) is 0 Å². The Bertz CT molecular complexity index is 488. The van der Waals surface area contributed by atoms with Crippen molar-refractivity contribution in [1.29, 1.82) is 0 Å². The second-order valence-corrected chi connectivity index (χ2v) is 7.94. The largest absolute Gasteiger partial charge is 0.373 e. The van der Waals surface area contributed by atoms with Crippen molar-refractivity contribution in [3.8, 4) is 0 Å². The molecule has 0 saturated carbocycles. The van der Waals surface area contributed by atoms with Gasteiger partial charge in [0.1, 0.15) is 17.5 Å². The average molecular weight is 290 g/mol. The van der Waals surface area contributed by atoms with E-state index in [0.717, 1.165) is 30.5 Å². The zero-order valence-electron chi connectivity index (χ0n) is 14.5. The lowest BCUT2D eigenvalue weighted by molar-refractivity contribution is 0.325. The first-order valence-electron chi connectivity index (χ1n) is 8.03. The van der Waals surface area contributed by atoms with Crippen LogP contribution in [0.4, 0.5) is 11.6 Å². The van der Waals surface area contributed by atoms with Crippen LogP contribution in [0, 0.1) is 5.41 Å². The highest BCUT2D eigenvalue weighted by Gasteiger charge is 2.25. The summed E-state index contributed by atoms with van der Waals surface area (Å²) in [5.74, 6) is 2.89. The maximum atomic E-state index is 4.84. The van der Waals surface area contributed by atoms with E-state index in [1.807, 2.05) is 7.05 Å². The van der Waals surface area contributed by atoms with Crippen LogP contribution in [0.25, 0.3) is 0 Å². The molecule has 2 rings (SSSR count). The molecule has 2 heterocycles. The van der Waals surface area contributed by atoms with E-state index in [1.54, 1.807) is 0 Å². The molecule has 0 radical (unpaired) electrons. The fourth-order valence-electron chi connectivity index (χ4n) is 2.71. The van der Waals surface area contributed by atoms with Gasteiger partial charge in [-0.15, -0.1) is 0 Å². The molecule has 1 aromatic rings. The van der Waals surface area contributed by atoms with E-state index in [2.05, 4.69) is 55.9 Å². The second-order valence-electron chi connectivity index (χ2n) is 7.94. The Morgan fingerprint density at radius 3 is 2.48 bits per heavy atom. The summed E-state index contributed by atoms with van der Waals surface area (Å²) in [6.07, 6.45) is 3.74. The SMILES string of the molecule is CNc1cc(N2CCCC(C)(C)CC2)nc(C(C)(C)C)n1. The second kappa shape index (κ2) is 5.82. The molecule has 4 nitrogen and oxygen atoms in total. The summed E-state index contributed by atoms with van der Waals surface area (Å²) in [6.45, 7) is 13.4. The fraction of sp³-hybridized carbons (Fsp3) is 0.765. The zero-order valence-corrected chi connectivity index (χ0v) is 14.5. The molecule has 21 heavy (non-hydrogen) atoms. The third-order valence-corrected chi connectivity index (χ3v) is 4.30. The minimum atomic E-state index is -0.0350. The summed E-state index contributed by atoms with van der Waals surface area (Å²) in [6, 6.07) is 2.08. The van der Waals surface area contributed by atoms with Crippen LogP contribution in [0.3, 0.4) is 0 Å². The number of hydrogen-bond donors (Lipinski definition) is 1. The molecule has 0 amide bonds. The maximum Gasteiger partial charge on any atom is 0.138 e. The number of nitrogens with zero attached hydrogens (tertiary/aromatic N) is 3. The van der Waals surface area contributed by atoms with Crippen LogP contribution >= 0.6 is 0 Å². The molecule has 118 valence electrons. The number of aromatic nitrogens is 2. The van der Waals surface area contributed by atoms with Crippen LogP contribution in [0.2, 0.25) is 0 Å². The molecule has 1 N–H and O–H groups in total. The Labute approximate surface area is 129 Å². The highest BCUT2D eigenvalue weighted by atomic mass is 15.2. The van der Waals surface area contributed by atoms with Crippen molar-refractivity contribution in [2.45, 2.75) is 59.3 Å². The molecule has 1 saturated heterocycles. The molecular formula is C17H30N4. The van der Waals surface area contributed by atoms with Crippen molar-refractivity contribution in [3.05, 3.63) is 11.9 Å². The summed E-state index contributed by atoms with van der Waals surface area (Å²) in [5, 5.41) is 3.17. The van der Waals surface area contributed by atoms with Crippen molar-refractivity contribution in [1.82, 2.24) is 9.97 Å². The first kappa shape index (κ1) is 16.1. The van der Waals surface area contributed by atoms with Crippen molar-refractivity contribution >= 4 is 11.6 Å². The predicted molar refractivity (Wildman–Crippen MR) is 90.1 cm³/mol. The van der Waals surface area contributed by atoms with Gasteiger partial charge in [-0.05, 0) is 24.7 Å². The standard InChI is InChI=1S/C17H30N4/c1-16(2,3)15-19-13(18-6)12-14(20-15)21-10-7-8-17(4,5)9-11-21/h12H,7-11H2,1-6H3,(H,18,19,20).